The molecule has 2 bridgehead atoms. The van der Waals surface area contributed by atoms with Crippen molar-refractivity contribution in [1.82, 2.24) is 9.80 Å². The van der Waals surface area contributed by atoms with Gasteiger partial charge >= 0.3 is 0 Å². The first-order valence-electron chi connectivity index (χ1n) is 16.9. The Morgan fingerprint density at radius 2 is 1.72 bits per heavy atom. The van der Waals surface area contributed by atoms with E-state index in [1.54, 1.807) is 22.0 Å². The Hall–Kier alpha value is -3.17. The minimum Gasteiger partial charge on any atom is -0.494 e. The van der Waals surface area contributed by atoms with Crippen molar-refractivity contribution in [2.75, 3.05) is 37.7 Å². The van der Waals surface area contributed by atoms with E-state index in [1.807, 2.05) is 43.0 Å². The van der Waals surface area contributed by atoms with E-state index < -0.39 is 34.6 Å². The van der Waals surface area contributed by atoms with Crippen LogP contribution in [0.1, 0.15) is 80.6 Å². The summed E-state index contributed by atoms with van der Waals surface area (Å²) >= 11 is 0. The molecule has 4 rings (SSSR count). The van der Waals surface area contributed by atoms with Crippen molar-refractivity contribution >= 4 is 23.4 Å². The van der Waals surface area contributed by atoms with Gasteiger partial charge in [0.1, 0.15) is 17.4 Å². The summed E-state index contributed by atoms with van der Waals surface area (Å²) in [4.78, 5) is 49.5. The van der Waals surface area contributed by atoms with Gasteiger partial charge in [0, 0.05) is 37.5 Å². The highest BCUT2D eigenvalue weighted by molar-refractivity contribution is 6.03. The quantitative estimate of drug-likeness (QED) is 0.260. The number of rotatable bonds is 15. The van der Waals surface area contributed by atoms with Gasteiger partial charge in [-0.05, 0) is 82.6 Å². The molecule has 9 heteroatoms. The zero-order valence-corrected chi connectivity index (χ0v) is 29.0. The Balaban J connectivity index is 1.81. The lowest BCUT2D eigenvalue weighted by Gasteiger charge is -2.45. The van der Waals surface area contributed by atoms with Crippen molar-refractivity contribution in [3.63, 3.8) is 0 Å². The van der Waals surface area contributed by atoms with Crippen LogP contribution in [-0.2, 0) is 19.1 Å². The Kier molecular flexibility index (Phi) is 10.5. The zero-order valence-electron chi connectivity index (χ0n) is 29.0. The molecule has 0 aliphatic carbocycles. The second-order valence-corrected chi connectivity index (χ2v) is 14.9. The minimum absolute atomic E-state index is 0.0618. The maximum atomic E-state index is 14.9. The van der Waals surface area contributed by atoms with Gasteiger partial charge in [0.05, 0.1) is 24.0 Å². The molecule has 1 spiro atoms. The Bertz CT molecular complexity index is 1300. The molecule has 3 fully saturated rings. The lowest BCUT2D eigenvalue weighted by molar-refractivity contribution is -0.157. The molecule has 2 unspecified atom stereocenters. The van der Waals surface area contributed by atoms with E-state index in [2.05, 4.69) is 47.8 Å². The summed E-state index contributed by atoms with van der Waals surface area (Å²) in [5.74, 6) is -1.57. The topological polar surface area (TPSA) is 99.6 Å². The number of fused-ring (bicyclic) bond motifs is 1. The average molecular weight is 638 g/mol. The van der Waals surface area contributed by atoms with Crippen molar-refractivity contribution < 1.29 is 29.0 Å². The number of likely N-dealkylation sites (tertiary alicyclic amines) is 1. The maximum Gasteiger partial charge on any atom is 0.249 e. The number of nitrogens with zero attached hydrogens (tertiary/aromatic N) is 3. The van der Waals surface area contributed by atoms with Crippen LogP contribution in [0, 0.1) is 17.3 Å². The molecule has 1 aromatic rings. The van der Waals surface area contributed by atoms with Gasteiger partial charge in [-0.1, -0.05) is 39.8 Å². The summed E-state index contributed by atoms with van der Waals surface area (Å²) in [6.45, 7) is 23.5. The third-order valence-electron chi connectivity index (χ3n) is 10.0. The van der Waals surface area contributed by atoms with Crippen LogP contribution in [0.5, 0.6) is 5.75 Å². The summed E-state index contributed by atoms with van der Waals surface area (Å²) in [5.41, 5.74) is -1.97. The molecule has 3 heterocycles. The molecular weight excluding hydrogens is 582 g/mol. The number of carbonyl (C=O) groups is 3. The number of amides is 3. The number of carbonyl (C=O) groups excluding carboxylic acids is 3. The summed E-state index contributed by atoms with van der Waals surface area (Å²) in [6.07, 6.45) is 6.05. The predicted octanol–water partition coefficient (Wildman–Crippen LogP) is 5.37. The molecule has 9 nitrogen and oxygen atoms in total. The number of benzene rings is 1. The van der Waals surface area contributed by atoms with Gasteiger partial charge in [0.15, 0.2) is 0 Å². The van der Waals surface area contributed by atoms with E-state index in [0.29, 0.717) is 50.3 Å². The fourth-order valence-electron chi connectivity index (χ4n) is 8.67. The zero-order chi connectivity index (χ0) is 34.1. The fraction of sp³-hybridized carbons (Fsp3) is 0.649. The molecule has 0 radical (unpaired) electrons. The molecule has 5 atom stereocenters. The fourth-order valence-corrected chi connectivity index (χ4v) is 8.67. The summed E-state index contributed by atoms with van der Waals surface area (Å²) in [7, 11) is 0. The monoisotopic (exact) mass is 637 g/mol. The normalized spacial score (nSPS) is 27.0. The third kappa shape index (κ3) is 6.25. The van der Waals surface area contributed by atoms with Crippen LogP contribution in [0.3, 0.4) is 0 Å². The van der Waals surface area contributed by atoms with E-state index in [-0.39, 0.29) is 42.8 Å². The number of hydrogen-bond donors (Lipinski definition) is 1. The number of ether oxygens (including phenoxy) is 2. The first-order chi connectivity index (χ1) is 21.7. The van der Waals surface area contributed by atoms with Crippen molar-refractivity contribution in [3.05, 3.63) is 49.6 Å². The molecule has 0 aromatic heterocycles. The molecule has 254 valence electrons. The lowest BCUT2D eigenvalue weighted by Crippen LogP contribution is -2.61. The summed E-state index contributed by atoms with van der Waals surface area (Å²) < 4.78 is 12.7. The molecule has 3 saturated heterocycles. The highest BCUT2D eigenvalue weighted by atomic mass is 16.5. The van der Waals surface area contributed by atoms with Crippen molar-refractivity contribution in [2.45, 2.75) is 103 Å². The number of anilines is 1. The Labute approximate surface area is 275 Å². The van der Waals surface area contributed by atoms with Gasteiger partial charge in [0.25, 0.3) is 0 Å². The summed E-state index contributed by atoms with van der Waals surface area (Å²) in [6, 6.07) is 6.43. The van der Waals surface area contributed by atoms with E-state index in [9.17, 15) is 19.5 Å². The van der Waals surface area contributed by atoms with Crippen LogP contribution >= 0.6 is 0 Å². The third-order valence-corrected chi connectivity index (χ3v) is 10.0. The van der Waals surface area contributed by atoms with Gasteiger partial charge < -0.3 is 29.3 Å². The van der Waals surface area contributed by atoms with Crippen LogP contribution in [0.15, 0.2) is 49.6 Å². The first kappa shape index (κ1) is 35.7. The van der Waals surface area contributed by atoms with Gasteiger partial charge in [-0.2, -0.15) is 0 Å². The molecular formula is C37H55N3O6. The van der Waals surface area contributed by atoms with E-state index in [0.717, 1.165) is 6.42 Å². The van der Waals surface area contributed by atoms with Crippen molar-refractivity contribution in [2.24, 2.45) is 17.3 Å². The van der Waals surface area contributed by atoms with Crippen molar-refractivity contribution in [1.29, 1.82) is 0 Å². The van der Waals surface area contributed by atoms with Gasteiger partial charge in [-0.3, -0.25) is 14.4 Å². The lowest BCUT2D eigenvalue weighted by atomic mass is 9.64. The predicted molar refractivity (Wildman–Crippen MR) is 180 cm³/mol. The van der Waals surface area contributed by atoms with E-state index in [1.165, 1.54) is 0 Å². The molecule has 3 amide bonds. The molecule has 1 aromatic carbocycles. The average Bonchev–Trinajstić information content (AvgIpc) is 3.59. The highest BCUT2D eigenvalue weighted by Gasteiger charge is 2.79. The van der Waals surface area contributed by atoms with Gasteiger partial charge in [-0.15, -0.1) is 13.2 Å². The SMILES string of the molecule is C=CCN(C(=O)[C@@H]1[C@H]2C(=O)N(CCCO)C(C(=O)N(CC=C)C(C)(C)CC(C)(C)C)C23CC[C@@]1(CC)O3)c1ccc(OCC)cc1. The smallest absolute Gasteiger partial charge is 0.249 e. The van der Waals surface area contributed by atoms with Gasteiger partial charge in [-0.25, -0.2) is 0 Å². The second-order valence-electron chi connectivity index (χ2n) is 14.9. The van der Waals surface area contributed by atoms with Crippen LogP contribution in [0.25, 0.3) is 0 Å². The van der Waals surface area contributed by atoms with Crippen LogP contribution < -0.4 is 9.64 Å². The number of aliphatic hydroxyl groups is 1. The molecule has 0 saturated carbocycles. The van der Waals surface area contributed by atoms with E-state index >= 15 is 0 Å². The minimum atomic E-state index is -1.16. The summed E-state index contributed by atoms with van der Waals surface area (Å²) in [5, 5.41) is 9.79. The standard InChI is InChI=1S/C37H55N3O6/c1-10-21-38(26-15-17-27(18-16-26)45-13-4)31(42)28-29-32(43)39(23-14-24-41)30(37(29)20-19-36(28,12-3)46-37)33(44)40(22-11-2)35(8,9)25-34(5,6)7/h10-11,15-18,28-30,41H,1-2,12-14,19-25H2,3-9H3/t28-,29-,30?,36+,37?/m0/s1. The van der Waals surface area contributed by atoms with Crippen LogP contribution in [0.2, 0.25) is 0 Å². The molecule has 3 aliphatic rings. The maximum absolute atomic E-state index is 14.9. The van der Waals surface area contributed by atoms with Gasteiger partial charge in [0.2, 0.25) is 17.7 Å². The number of aliphatic hydroxyl groups excluding tert-OH is 1. The number of hydrogen-bond acceptors (Lipinski definition) is 6. The Morgan fingerprint density at radius 1 is 1.07 bits per heavy atom. The molecule has 3 aliphatic heterocycles. The van der Waals surface area contributed by atoms with E-state index in [4.69, 9.17) is 9.47 Å². The second kappa shape index (κ2) is 13.5. The molecule has 46 heavy (non-hydrogen) atoms. The largest absolute Gasteiger partial charge is 0.494 e. The Morgan fingerprint density at radius 3 is 2.26 bits per heavy atom. The van der Waals surface area contributed by atoms with Crippen LogP contribution in [0.4, 0.5) is 5.69 Å². The highest BCUT2D eigenvalue weighted by Crippen LogP contribution is 2.65. The first-order valence-corrected chi connectivity index (χ1v) is 16.9. The van der Waals surface area contributed by atoms with Crippen molar-refractivity contribution in [3.8, 4) is 5.75 Å². The molecule has 1 N–H and O–H groups in total. The van der Waals surface area contributed by atoms with Crippen LogP contribution in [-0.4, -0.2) is 88.3 Å².